The second-order valence-corrected chi connectivity index (χ2v) is 5.84. The predicted octanol–water partition coefficient (Wildman–Crippen LogP) is 4.44. The van der Waals surface area contributed by atoms with Crippen LogP contribution in [-0.2, 0) is 6.42 Å². The van der Waals surface area contributed by atoms with E-state index in [4.69, 9.17) is 0 Å². The molecule has 118 valence electrons. The van der Waals surface area contributed by atoms with Crippen LogP contribution in [0, 0.1) is 6.92 Å². The molecular formula is C19H26N2O. The third kappa shape index (κ3) is 4.30. The molecule has 2 aromatic rings. The van der Waals surface area contributed by atoms with Crippen molar-refractivity contribution in [2.45, 2.75) is 58.8 Å². The van der Waals surface area contributed by atoms with Gasteiger partial charge in [0.05, 0.1) is 0 Å². The lowest BCUT2D eigenvalue weighted by molar-refractivity contribution is 0.599. The Morgan fingerprint density at radius 3 is 2.50 bits per heavy atom. The van der Waals surface area contributed by atoms with Gasteiger partial charge in [-0.3, -0.25) is 9.36 Å². The Hall–Kier alpha value is -1.90. The molecule has 3 heteroatoms. The summed E-state index contributed by atoms with van der Waals surface area (Å²) < 4.78 is 1.77. The maximum Gasteiger partial charge on any atom is 0.256 e. The second kappa shape index (κ2) is 8.52. The van der Waals surface area contributed by atoms with Crippen molar-refractivity contribution >= 4 is 0 Å². The van der Waals surface area contributed by atoms with Crippen molar-refractivity contribution in [3.8, 4) is 5.82 Å². The fourth-order valence-corrected chi connectivity index (χ4v) is 2.80. The zero-order chi connectivity index (χ0) is 15.8. The molecule has 0 aliphatic rings. The summed E-state index contributed by atoms with van der Waals surface area (Å²) in [6.45, 7) is 4.31. The molecule has 0 atom stereocenters. The first kappa shape index (κ1) is 16.5. The fourth-order valence-electron chi connectivity index (χ4n) is 2.80. The molecule has 0 aromatic carbocycles. The minimum Gasteiger partial charge on any atom is -0.269 e. The van der Waals surface area contributed by atoms with Crippen molar-refractivity contribution in [2.24, 2.45) is 0 Å². The SMILES string of the molecule is CCCCCCCCc1c(C)ccc(=O)n1-c1ccccn1. The van der Waals surface area contributed by atoms with Crippen LogP contribution in [0.25, 0.3) is 5.82 Å². The van der Waals surface area contributed by atoms with Gasteiger partial charge >= 0.3 is 0 Å². The van der Waals surface area contributed by atoms with Crippen molar-refractivity contribution < 1.29 is 0 Å². The molecule has 22 heavy (non-hydrogen) atoms. The van der Waals surface area contributed by atoms with Gasteiger partial charge in [0.1, 0.15) is 5.82 Å². The zero-order valence-corrected chi connectivity index (χ0v) is 13.7. The van der Waals surface area contributed by atoms with E-state index in [0.717, 1.165) is 24.4 Å². The van der Waals surface area contributed by atoms with Crippen LogP contribution < -0.4 is 5.56 Å². The lowest BCUT2D eigenvalue weighted by Crippen LogP contribution is -2.23. The van der Waals surface area contributed by atoms with E-state index >= 15 is 0 Å². The Balaban J connectivity index is 2.13. The van der Waals surface area contributed by atoms with E-state index in [1.165, 1.54) is 37.7 Å². The van der Waals surface area contributed by atoms with Crippen LogP contribution in [0.5, 0.6) is 0 Å². The summed E-state index contributed by atoms with van der Waals surface area (Å²) in [6.07, 6.45) is 10.2. The third-order valence-corrected chi connectivity index (χ3v) is 4.07. The van der Waals surface area contributed by atoms with E-state index in [9.17, 15) is 4.79 Å². The van der Waals surface area contributed by atoms with Gasteiger partial charge < -0.3 is 0 Å². The lowest BCUT2D eigenvalue weighted by Gasteiger charge is -2.14. The first-order valence-electron chi connectivity index (χ1n) is 8.37. The van der Waals surface area contributed by atoms with Gasteiger partial charge in [0.15, 0.2) is 0 Å². The molecule has 0 spiro atoms. The largest absolute Gasteiger partial charge is 0.269 e. The molecule has 0 radical (unpaired) electrons. The van der Waals surface area contributed by atoms with Crippen LogP contribution in [0.1, 0.15) is 56.7 Å². The molecule has 0 aliphatic carbocycles. The number of aromatic nitrogens is 2. The summed E-state index contributed by atoms with van der Waals surface area (Å²) in [7, 11) is 0. The molecule has 0 fully saturated rings. The van der Waals surface area contributed by atoms with Gasteiger partial charge in [0, 0.05) is 18.0 Å². The molecule has 0 amide bonds. The summed E-state index contributed by atoms with van der Waals surface area (Å²) >= 11 is 0. The molecule has 0 bridgehead atoms. The van der Waals surface area contributed by atoms with Crippen molar-refractivity contribution in [1.29, 1.82) is 0 Å². The Morgan fingerprint density at radius 1 is 1.00 bits per heavy atom. The second-order valence-electron chi connectivity index (χ2n) is 5.84. The fraction of sp³-hybridized carbons (Fsp3) is 0.474. The summed E-state index contributed by atoms with van der Waals surface area (Å²) in [6, 6.07) is 9.25. The first-order chi connectivity index (χ1) is 10.7. The van der Waals surface area contributed by atoms with Gasteiger partial charge in [-0.05, 0) is 37.5 Å². The van der Waals surface area contributed by atoms with Crippen molar-refractivity contribution in [3.63, 3.8) is 0 Å². The van der Waals surface area contributed by atoms with Gasteiger partial charge in [-0.15, -0.1) is 0 Å². The molecular weight excluding hydrogens is 272 g/mol. The Morgan fingerprint density at radius 2 is 1.77 bits per heavy atom. The number of unbranched alkanes of at least 4 members (excludes halogenated alkanes) is 5. The molecule has 2 heterocycles. The highest BCUT2D eigenvalue weighted by molar-refractivity contribution is 5.30. The average molecular weight is 298 g/mol. The lowest BCUT2D eigenvalue weighted by atomic mass is 10.1. The first-order valence-corrected chi connectivity index (χ1v) is 8.37. The Bertz CT molecular complexity index is 632. The molecule has 2 rings (SSSR count). The minimum absolute atomic E-state index is 0.00489. The number of hydrogen-bond acceptors (Lipinski definition) is 2. The van der Waals surface area contributed by atoms with Gasteiger partial charge in [0.25, 0.3) is 5.56 Å². The highest BCUT2D eigenvalue weighted by Crippen LogP contribution is 2.15. The van der Waals surface area contributed by atoms with E-state index in [0.29, 0.717) is 0 Å². The topological polar surface area (TPSA) is 34.9 Å². The molecule has 0 saturated carbocycles. The van der Waals surface area contributed by atoms with E-state index < -0.39 is 0 Å². The van der Waals surface area contributed by atoms with Crippen LogP contribution in [0.15, 0.2) is 41.3 Å². The van der Waals surface area contributed by atoms with Gasteiger partial charge in [-0.1, -0.05) is 51.2 Å². The summed E-state index contributed by atoms with van der Waals surface area (Å²) in [5.74, 6) is 0.720. The van der Waals surface area contributed by atoms with Crippen LogP contribution in [0.2, 0.25) is 0 Å². The average Bonchev–Trinajstić information content (AvgIpc) is 2.54. The van der Waals surface area contributed by atoms with Gasteiger partial charge in [-0.25, -0.2) is 4.98 Å². The number of hydrogen-bond donors (Lipinski definition) is 0. The third-order valence-electron chi connectivity index (χ3n) is 4.07. The smallest absolute Gasteiger partial charge is 0.256 e. The highest BCUT2D eigenvalue weighted by atomic mass is 16.1. The van der Waals surface area contributed by atoms with E-state index in [2.05, 4.69) is 18.8 Å². The van der Waals surface area contributed by atoms with Crippen LogP contribution in [-0.4, -0.2) is 9.55 Å². The highest BCUT2D eigenvalue weighted by Gasteiger charge is 2.09. The maximum atomic E-state index is 12.3. The van der Waals surface area contributed by atoms with Crippen molar-refractivity contribution in [2.75, 3.05) is 0 Å². The van der Waals surface area contributed by atoms with E-state index in [1.54, 1.807) is 16.8 Å². The Labute approximate surface area is 133 Å². The standard InChI is InChI=1S/C19H26N2O/c1-3-4-5-6-7-8-11-17-16(2)13-14-19(22)21(17)18-12-9-10-15-20-18/h9-10,12-15H,3-8,11H2,1-2H3. The quantitative estimate of drug-likeness (QED) is 0.675. The molecule has 0 N–H and O–H groups in total. The predicted molar refractivity (Wildman–Crippen MR) is 91.7 cm³/mol. The van der Waals surface area contributed by atoms with Gasteiger partial charge in [0.2, 0.25) is 0 Å². The minimum atomic E-state index is 0.00489. The Kier molecular flexibility index (Phi) is 6.38. The molecule has 0 saturated heterocycles. The van der Waals surface area contributed by atoms with E-state index in [-0.39, 0.29) is 5.56 Å². The number of rotatable bonds is 8. The summed E-state index contributed by atoms with van der Waals surface area (Å²) in [5, 5.41) is 0. The molecule has 2 aromatic heterocycles. The van der Waals surface area contributed by atoms with Gasteiger partial charge in [-0.2, -0.15) is 0 Å². The molecule has 3 nitrogen and oxygen atoms in total. The van der Waals surface area contributed by atoms with Crippen LogP contribution >= 0.6 is 0 Å². The van der Waals surface area contributed by atoms with Crippen molar-refractivity contribution in [1.82, 2.24) is 9.55 Å². The maximum absolute atomic E-state index is 12.3. The summed E-state index contributed by atoms with van der Waals surface area (Å²) in [5.41, 5.74) is 2.27. The van der Waals surface area contributed by atoms with E-state index in [1.807, 2.05) is 24.3 Å². The van der Waals surface area contributed by atoms with Crippen molar-refractivity contribution in [3.05, 3.63) is 58.1 Å². The molecule has 0 aliphatic heterocycles. The van der Waals surface area contributed by atoms with Crippen LogP contribution in [0.3, 0.4) is 0 Å². The number of aryl methyl sites for hydroxylation is 1. The number of pyridine rings is 2. The van der Waals surface area contributed by atoms with Crippen LogP contribution in [0.4, 0.5) is 0 Å². The summed E-state index contributed by atoms with van der Waals surface area (Å²) in [4.78, 5) is 16.6. The monoisotopic (exact) mass is 298 g/mol. The normalized spacial score (nSPS) is 10.8. The molecule has 0 unspecified atom stereocenters. The zero-order valence-electron chi connectivity index (χ0n) is 13.7. The number of nitrogens with zero attached hydrogens (tertiary/aromatic N) is 2.